The number of halogens is 3. The van der Waals surface area contributed by atoms with Crippen molar-refractivity contribution in [2.24, 2.45) is 32.3 Å². The normalized spacial score (nSPS) is 10.8. The maximum Gasteiger partial charge on any atom is 0.314 e. The number of phenolic OH excluding ortho intramolecular Hbond substituents is 1. The fourth-order valence-corrected chi connectivity index (χ4v) is 4.62. The van der Waals surface area contributed by atoms with E-state index in [1.807, 2.05) is 76.2 Å². The number of azo groups is 2. The maximum absolute atomic E-state index is 11.9. The average molecular weight is 787 g/mol. The van der Waals surface area contributed by atoms with Gasteiger partial charge in [-0.25, -0.2) is 0 Å². The number of phenols is 1. The van der Waals surface area contributed by atoms with Crippen LogP contribution in [0, 0.1) is 11.8 Å². The van der Waals surface area contributed by atoms with Gasteiger partial charge in [0.15, 0.2) is 0 Å². The smallest absolute Gasteiger partial charge is 0.314 e. The number of aromatic hydroxyl groups is 1. The lowest BCUT2D eigenvalue weighted by atomic mass is 10.0. The molecule has 0 bridgehead atoms. The van der Waals surface area contributed by atoms with E-state index < -0.39 is 0 Å². The maximum atomic E-state index is 11.9. The van der Waals surface area contributed by atoms with Crippen molar-refractivity contribution in [3.05, 3.63) is 106 Å². The third kappa shape index (κ3) is 15.6. The lowest BCUT2D eigenvalue weighted by Crippen LogP contribution is -2.19. The number of esters is 1. The Hall–Kier alpha value is -3.73. The van der Waals surface area contributed by atoms with Crippen LogP contribution in [-0.4, -0.2) is 16.3 Å². The van der Waals surface area contributed by atoms with Crippen LogP contribution in [0.1, 0.15) is 53.4 Å². The second kappa shape index (κ2) is 22.0. The number of nitrogens with zero attached hydrogens (tertiary/aromatic N) is 4. The zero-order chi connectivity index (χ0) is 34.6. The van der Waals surface area contributed by atoms with E-state index in [-0.39, 0.29) is 28.8 Å². The highest BCUT2D eigenvalue weighted by Crippen LogP contribution is 2.24. The lowest BCUT2D eigenvalue weighted by Gasteiger charge is -2.11. The van der Waals surface area contributed by atoms with Crippen LogP contribution < -0.4 is 4.74 Å². The topological polar surface area (TPSA) is 113 Å². The molecule has 1 N–H and O–H groups in total. The summed E-state index contributed by atoms with van der Waals surface area (Å²) in [5.74, 6) is 0.606. The Kier molecular flexibility index (Phi) is 18.4. The fourth-order valence-electron chi connectivity index (χ4n) is 3.78. The Morgan fingerprint density at radius 3 is 1.21 bits per heavy atom. The first-order valence-corrected chi connectivity index (χ1v) is 17.2. The van der Waals surface area contributed by atoms with E-state index in [1.165, 1.54) is 0 Å². The van der Waals surface area contributed by atoms with Gasteiger partial charge in [-0.2, -0.15) is 20.5 Å². The Morgan fingerprint density at radius 2 is 0.915 bits per heavy atom. The van der Waals surface area contributed by atoms with Gasteiger partial charge in [-0.15, -0.1) is 0 Å². The van der Waals surface area contributed by atoms with Gasteiger partial charge < -0.3 is 9.84 Å². The SMILES string of the molecule is CCC(CC)C(=O)Cl.CCC(CC)C(=O)Oc1ccc(N=Nc2ccc(Br)cc2)cc1.Oc1ccc(N=Nc2ccc(Br)cc2)cc1. The van der Waals surface area contributed by atoms with E-state index in [2.05, 4.69) is 52.3 Å². The average Bonchev–Trinajstić information content (AvgIpc) is 3.07. The number of rotatable bonds is 11. The predicted molar refractivity (Wildman–Crippen MR) is 196 cm³/mol. The predicted octanol–water partition coefficient (Wildman–Crippen LogP) is 13.0. The number of benzene rings is 4. The molecule has 4 aromatic rings. The molecule has 248 valence electrons. The minimum atomic E-state index is -0.199. The first kappa shape index (κ1) is 39.4. The molecule has 0 aliphatic heterocycles. The molecule has 0 unspecified atom stereocenters. The van der Waals surface area contributed by atoms with Gasteiger partial charge in [-0.05, 0) is 134 Å². The van der Waals surface area contributed by atoms with Gasteiger partial charge in [0.25, 0.3) is 0 Å². The van der Waals surface area contributed by atoms with Crippen molar-refractivity contribution in [1.29, 1.82) is 0 Å². The third-order valence-electron chi connectivity index (χ3n) is 6.75. The van der Waals surface area contributed by atoms with Crippen molar-refractivity contribution in [3.8, 4) is 11.5 Å². The molecular formula is C36H39Br2ClN4O4. The molecule has 11 heteroatoms. The summed E-state index contributed by atoms with van der Waals surface area (Å²) in [6.07, 6.45) is 3.29. The van der Waals surface area contributed by atoms with E-state index in [0.717, 1.165) is 46.0 Å². The van der Waals surface area contributed by atoms with E-state index in [0.29, 0.717) is 17.1 Å². The highest BCUT2D eigenvalue weighted by molar-refractivity contribution is 9.10. The van der Waals surface area contributed by atoms with Gasteiger partial charge in [0.05, 0.1) is 28.7 Å². The number of hydrogen-bond acceptors (Lipinski definition) is 8. The van der Waals surface area contributed by atoms with E-state index in [9.17, 15) is 9.59 Å². The summed E-state index contributed by atoms with van der Waals surface area (Å²) in [5.41, 5.74) is 2.98. The van der Waals surface area contributed by atoms with E-state index >= 15 is 0 Å². The van der Waals surface area contributed by atoms with Crippen molar-refractivity contribution in [2.75, 3.05) is 0 Å². The lowest BCUT2D eigenvalue weighted by molar-refractivity contribution is -0.139. The number of carbonyl (C=O) groups excluding carboxylic acids is 2. The Labute approximate surface area is 298 Å². The third-order valence-corrected chi connectivity index (χ3v) is 8.11. The van der Waals surface area contributed by atoms with Crippen molar-refractivity contribution >= 4 is 77.4 Å². The molecule has 0 heterocycles. The van der Waals surface area contributed by atoms with Crippen LogP contribution in [0.3, 0.4) is 0 Å². The van der Waals surface area contributed by atoms with Gasteiger partial charge in [-0.3, -0.25) is 9.59 Å². The minimum absolute atomic E-state index is 0.0493. The fraction of sp³-hybridized carbons (Fsp3) is 0.278. The van der Waals surface area contributed by atoms with Gasteiger partial charge in [0, 0.05) is 14.9 Å². The summed E-state index contributed by atoms with van der Waals surface area (Å²) in [5, 5.41) is 25.3. The molecule has 0 aliphatic carbocycles. The molecule has 8 nitrogen and oxygen atoms in total. The molecule has 0 radical (unpaired) electrons. The molecule has 0 fully saturated rings. The Bertz CT molecular complexity index is 1510. The Morgan fingerprint density at radius 1 is 0.596 bits per heavy atom. The molecule has 0 aliphatic rings. The van der Waals surface area contributed by atoms with Crippen molar-refractivity contribution in [1.82, 2.24) is 0 Å². The second-order valence-electron chi connectivity index (χ2n) is 10.1. The standard InChI is InChI=1S/C18H19BrN2O2.C12H9BrN2O.C6H11ClO/c1-3-13(4-2)18(22)23-17-11-9-16(10-12-17)21-20-15-7-5-14(19)6-8-15;13-9-1-3-10(4-2-9)14-15-11-5-7-12(16)8-6-11;1-3-5(4-2)6(7)8/h5-13H,3-4H2,1-2H3;1-8,16H;5H,3-4H2,1-2H3. The zero-order valence-corrected chi connectivity index (χ0v) is 30.7. The van der Waals surface area contributed by atoms with Crippen molar-refractivity contribution < 1.29 is 19.4 Å². The first-order valence-electron chi connectivity index (χ1n) is 15.2. The summed E-state index contributed by atoms with van der Waals surface area (Å²) in [6, 6.07) is 28.7. The molecule has 0 spiro atoms. The monoisotopic (exact) mass is 784 g/mol. The van der Waals surface area contributed by atoms with Crippen LogP contribution in [0.2, 0.25) is 0 Å². The summed E-state index contributed by atoms with van der Waals surface area (Å²) >= 11 is 11.9. The second-order valence-corrected chi connectivity index (χ2v) is 12.3. The highest BCUT2D eigenvalue weighted by Gasteiger charge is 2.16. The van der Waals surface area contributed by atoms with Crippen LogP contribution in [0.4, 0.5) is 22.7 Å². The van der Waals surface area contributed by atoms with Gasteiger partial charge in [0.2, 0.25) is 5.24 Å². The van der Waals surface area contributed by atoms with Gasteiger partial charge >= 0.3 is 5.97 Å². The van der Waals surface area contributed by atoms with Crippen LogP contribution in [0.5, 0.6) is 11.5 Å². The summed E-state index contributed by atoms with van der Waals surface area (Å²) < 4.78 is 7.38. The molecular weight excluding hydrogens is 748 g/mol. The quantitative estimate of drug-likeness (QED) is 0.0705. The number of carbonyl (C=O) groups is 2. The highest BCUT2D eigenvalue weighted by atomic mass is 79.9. The summed E-state index contributed by atoms with van der Waals surface area (Å²) in [4.78, 5) is 22.3. The zero-order valence-electron chi connectivity index (χ0n) is 26.8. The molecule has 0 saturated carbocycles. The van der Waals surface area contributed by atoms with Crippen LogP contribution in [-0.2, 0) is 9.59 Å². The molecule has 0 aromatic heterocycles. The largest absolute Gasteiger partial charge is 0.508 e. The molecule has 0 atom stereocenters. The van der Waals surface area contributed by atoms with Crippen molar-refractivity contribution in [3.63, 3.8) is 0 Å². The molecule has 4 rings (SSSR count). The number of ether oxygens (including phenoxy) is 1. The van der Waals surface area contributed by atoms with E-state index in [4.69, 9.17) is 21.4 Å². The molecule has 47 heavy (non-hydrogen) atoms. The first-order chi connectivity index (χ1) is 22.6. The van der Waals surface area contributed by atoms with E-state index in [1.54, 1.807) is 48.5 Å². The number of hydrogen-bond donors (Lipinski definition) is 1. The minimum Gasteiger partial charge on any atom is -0.508 e. The summed E-state index contributed by atoms with van der Waals surface area (Å²) in [7, 11) is 0. The molecule has 0 amide bonds. The van der Waals surface area contributed by atoms with Gasteiger partial charge in [0.1, 0.15) is 11.5 Å². The van der Waals surface area contributed by atoms with Crippen LogP contribution in [0.25, 0.3) is 0 Å². The van der Waals surface area contributed by atoms with Crippen LogP contribution >= 0.6 is 43.5 Å². The molecule has 4 aromatic carbocycles. The van der Waals surface area contributed by atoms with Gasteiger partial charge in [-0.1, -0.05) is 59.6 Å². The summed E-state index contributed by atoms with van der Waals surface area (Å²) in [6.45, 7) is 7.91. The molecule has 0 saturated heterocycles. The van der Waals surface area contributed by atoms with Crippen LogP contribution in [0.15, 0.2) is 126 Å². The Balaban J connectivity index is 0.000000276. The van der Waals surface area contributed by atoms with Crippen molar-refractivity contribution in [2.45, 2.75) is 53.4 Å².